The van der Waals surface area contributed by atoms with Gasteiger partial charge in [0.05, 0.1) is 36.2 Å². The normalized spacial score (nSPS) is 40.6. The minimum Gasteiger partial charge on any atom is -0.461 e. The highest BCUT2D eigenvalue weighted by molar-refractivity contribution is 5.85. The Balaban J connectivity index is 1.84. The molecule has 0 saturated carbocycles. The lowest BCUT2D eigenvalue weighted by atomic mass is 9.73. The molecule has 14 atom stereocenters. The maximum atomic E-state index is 14.2. The topological polar surface area (TPSA) is 172 Å². The summed E-state index contributed by atoms with van der Waals surface area (Å²) in [6, 6.07) is 2.36. The Labute approximate surface area is 307 Å². The van der Waals surface area contributed by atoms with E-state index in [0.717, 1.165) is 0 Å². The molecule has 1 aromatic heterocycles. The van der Waals surface area contributed by atoms with Crippen LogP contribution in [0, 0.1) is 23.7 Å². The fourth-order valence-electron chi connectivity index (χ4n) is 8.40. The average Bonchev–Trinajstić information content (AvgIpc) is 3.42. The maximum absolute atomic E-state index is 14.2. The Morgan fingerprint density at radius 3 is 2.40 bits per heavy atom. The van der Waals surface area contributed by atoms with Crippen LogP contribution in [0.5, 0.6) is 0 Å². The first-order valence-electron chi connectivity index (χ1n) is 18.4. The molecule has 0 aliphatic carbocycles. The third-order valence-electron chi connectivity index (χ3n) is 11.4. The fourth-order valence-corrected chi connectivity index (χ4v) is 8.40. The van der Waals surface area contributed by atoms with Crippen LogP contribution in [0.2, 0.25) is 0 Å². The van der Waals surface area contributed by atoms with Crippen molar-refractivity contribution in [1.29, 1.82) is 0 Å². The lowest BCUT2D eigenvalue weighted by Crippen LogP contribution is -2.61. The minimum atomic E-state index is -1.37. The van der Waals surface area contributed by atoms with Crippen molar-refractivity contribution in [2.75, 3.05) is 21.2 Å². The summed E-state index contributed by atoms with van der Waals surface area (Å²) in [5.74, 6) is -4.66. The highest BCUT2D eigenvalue weighted by atomic mass is 16.7. The van der Waals surface area contributed by atoms with E-state index in [2.05, 4.69) is 10.3 Å². The van der Waals surface area contributed by atoms with Crippen molar-refractivity contribution in [3.8, 4) is 0 Å². The Hall–Kier alpha value is -3.17. The molecule has 292 valence electrons. The summed E-state index contributed by atoms with van der Waals surface area (Å²) in [6.45, 7) is 14.1. The number of cyclic esters (lactones) is 1. The van der Waals surface area contributed by atoms with Gasteiger partial charge in [0.25, 0.3) is 0 Å². The molecule has 3 fully saturated rings. The first-order valence-corrected chi connectivity index (χ1v) is 18.4. The molecule has 4 rings (SSSR count). The number of pyridine rings is 1. The van der Waals surface area contributed by atoms with Gasteiger partial charge in [0.15, 0.2) is 11.9 Å². The number of carbonyl (C=O) groups excluding carboxylic acids is 4. The number of alkyl carbamates (subject to hydrolysis) is 1. The van der Waals surface area contributed by atoms with Crippen LogP contribution in [-0.4, -0.2) is 120 Å². The summed E-state index contributed by atoms with van der Waals surface area (Å²) in [5, 5.41) is 14.3. The van der Waals surface area contributed by atoms with Crippen LogP contribution in [-0.2, 0) is 49.2 Å². The van der Waals surface area contributed by atoms with Crippen LogP contribution in [0.3, 0.4) is 0 Å². The van der Waals surface area contributed by atoms with Crippen molar-refractivity contribution in [1.82, 2.24) is 15.2 Å². The Kier molecular flexibility index (Phi) is 13.5. The van der Waals surface area contributed by atoms with Gasteiger partial charge in [-0.2, -0.15) is 0 Å². The molecule has 14 nitrogen and oxygen atoms in total. The molecule has 0 bridgehead atoms. The molecule has 4 heterocycles. The number of ketones is 1. The van der Waals surface area contributed by atoms with Crippen molar-refractivity contribution in [2.24, 2.45) is 23.7 Å². The number of methoxy groups -OCH3 is 1. The molecule has 3 aliphatic rings. The van der Waals surface area contributed by atoms with Gasteiger partial charge < -0.3 is 43.7 Å². The summed E-state index contributed by atoms with van der Waals surface area (Å²) in [7, 11) is 5.25. The molecule has 14 heteroatoms. The van der Waals surface area contributed by atoms with Crippen LogP contribution in [0.4, 0.5) is 4.79 Å². The van der Waals surface area contributed by atoms with Crippen molar-refractivity contribution in [2.45, 2.75) is 141 Å². The van der Waals surface area contributed by atoms with Crippen LogP contribution in [0.1, 0.15) is 80.2 Å². The van der Waals surface area contributed by atoms with E-state index < -0.39 is 89.7 Å². The van der Waals surface area contributed by atoms with Gasteiger partial charge in [0, 0.05) is 43.3 Å². The predicted octanol–water partition coefficient (Wildman–Crippen LogP) is 3.46. The van der Waals surface area contributed by atoms with E-state index in [9.17, 15) is 24.3 Å². The highest BCUT2D eigenvalue weighted by Gasteiger charge is 2.57. The summed E-state index contributed by atoms with van der Waals surface area (Å²) >= 11 is 0. The van der Waals surface area contributed by atoms with Crippen molar-refractivity contribution >= 4 is 23.8 Å². The number of hydrogen-bond acceptors (Lipinski definition) is 13. The van der Waals surface area contributed by atoms with Crippen LogP contribution >= 0.6 is 0 Å². The minimum absolute atomic E-state index is 0.110. The van der Waals surface area contributed by atoms with Crippen LogP contribution < -0.4 is 5.32 Å². The first-order chi connectivity index (χ1) is 24.4. The number of aliphatic hydroxyl groups is 1. The van der Waals surface area contributed by atoms with E-state index in [-0.39, 0.29) is 37.2 Å². The van der Waals surface area contributed by atoms with Gasteiger partial charge in [-0.05, 0) is 72.7 Å². The van der Waals surface area contributed by atoms with Crippen LogP contribution in [0.25, 0.3) is 0 Å². The molecule has 0 spiro atoms. The lowest BCUT2D eigenvalue weighted by molar-refractivity contribution is -0.301. The summed E-state index contributed by atoms with van der Waals surface area (Å²) in [6.07, 6.45) is -2.20. The number of aliphatic hydroxyl groups excluding tert-OH is 1. The van der Waals surface area contributed by atoms with Crippen molar-refractivity contribution in [3.63, 3.8) is 0 Å². The molecule has 0 unspecified atom stereocenters. The Morgan fingerprint density at radius 2 is 1.81 bits per heavy atom. The van der Waals surface area contributed by atoms with Crippen molar-refractivity contribution < 1.29 is 52.7 Å². The smallest absolute Gasteiger partial charge is 0.408 e. The van der Waals surface area contributed by atoms with Crippen LogP contribution in [0.15, 0.2) is 24.5 Å². The average molecular weight is 734 g/mol. The molecule has 1 aromatic rings. The number of esters is 2. The molecule has 3 aliphatic heterocycles. The summed E-state index contributed by atoms with van der Waals surface area (Å²) in [4.78, 5) is 60.8. The third-order valence-corrected chi connectivity index (χ3v) is 11.4. The number of ether oxygens (including phenoxy) is 6. The number of likely N-dealkylation sites (N-methyl/N-ethyl adjacent to an activating group) is 1. The predicted molar refractivity (Wildman–Crippen MR) is 189 cm³/mol. The summed E-state index contributed by atoms with van der Waals surface area (Å²) < 4.78 is 37.3. The number of fused-ring (bicyclic) bond motifs is 1. The van der Waals surface area contributed by atoms with Crippen molar-refractivity contribution in [3.05, 3.63) is 30.1 Å². The largest absolute Gasteiger partial charge is 0.461 e. The highest BCUT2D eigenvalue weighted by Crippen LogP contribution is 2.41. The second kappa shape index (κ2) is 16.9. The van der Waals surface area contributed by atoms with Gasteiger partial charge in [-0.15, -0.1) is 0 Å². The maximum Gasteiger partial charge on any atom is 0.408 e. The van der Waals surface area contributed by atoms with Gasteiger partial charge in [-0.25, -0.2) is 4.79 Å². The standard InChI is InChI=1S/C38H59N3O11/c1-12-27-38(8)32(40-36(46)52-38)22(4)29(43)20(2)18-37(7,47-11)33(51-35-30(44)26(41(9)10)16-21(3)48-35)23(5)31(24(6)34(45)49-27)50-28(42)17-25-14-13-15-39-19-25/h13-15,19-24,26-27,30-33,35,44H,12,16-18H2,1-11H3,(H,40,46)/t20-,21-,22-,23+,24-,26+,27+,30-,31+,32-,33-,35+,37+,38-/m1/s1. The van der Waals surface area contributed by atoms with Gasteiger partial charge in [-0.3, -0.25) is 19.4 Å². The molecule has 1 amide bonds. The zero-order valence-corrected chi connectivity index (χ0v) is 32.5. The number of Topliss-reactive ketones (excluding diaryl/α,β-unsaturated/α-hetero) is 1. The molecule has 0 aromatic carbocycles. The number of aromatic nitrogens is 1. The number of rotatable bonds is 8. The van der Waals surface area contributed by atoms with E-state index in [0.29, 0.717) is 12.0 Å². The Morgan fingerprint density at radius 1 is 1.12 bits per heavy atom. The van der Waals surface area contributed by atoms with E-state index in [1.165, 1.54) is 7.11 Å². The van der Waals surface area contributed by atoms with E-state index in [4.69, 9.17) is 28.4 Å². The molecular formula is C38H59N3O11. The molecular weight excluding hydrogens is 674 g/mol. The van der Waals surface area contributed by atoms with E-state index in [1.54, 1.807) is 73.0 Å². The zero-order valence-electron chi connectivity index (χ0n) is 32.5. The molecule has 0 radical (unpaired) electrons. The zero-order chi connectivity index (χ0) is 38.7. The van der Waals surface area contributed by atoms with Gasteiger partial charge in [-0.1, -0.05) is 33.8 Å². The molecule has 2 N–H and O–H groups in total. The second-order valence-corrected chi connectivity index (χ2v) is 15.6. The van der Waals surface area contributed by atoms with E-state index >= 15 is 0 Å². The number of nitrogens with zero attached hydrogens (tertiary/aromatic N) is 2. The fraction of sp³-hybridized carbons (Fsp3) is 0.763. The molecule has 52 heavy (non-hydrogen) atoms. The van der Waals surface area contributed by atoms with Gasteiger partial charge >= 0.3 is 18.0 Å². The third kappa shape index (κ3) is 8.78. The lowest BCUT2D eigenvalue weighted by Gasteiger charge is -2.48. The number of nitrogens with one attached hydrogen (secondary N) is 1. The monoisotopic (exact) mass is 733 g/mol. The summed E-state index contributed by atoms with van der Waals surface area (Å²) in [5.41, 5.74) is -2.00. The first kappa shape index (κ1) is 41.6. The van der Waals surface area contributed by atoms with E-state index in [1.807, 2.05) is 25.9 Å². The Bertz CT molecular complexity index is 1410. The SMILES string of the molecule is CC[C@@H]1OC(=O)[C@H](C)[C@@H](OC(=O)Cc2cccnc2)[C@H](C)[C@@H](O[C@@H]2O[C@H](C)C[C@H](N(C)C)[C@H]2O)[C@@](C)(OC)C[C@@H](C)C(=O)[C@@H](C)[C@H]2NC(=O)O[C@]12C. The quantitative estimate of drug-likeness (QED) is 0.294. The molecule has 3 saturated heterocycles. The number of amides is 1. The number of carbonyl (C=O) groups is 4. The number of hydrogen-bond donors (Lipinski definition) is 2. The van der Waals surface area contributed by atoms with Gasteiger partial charge in [0.1, 0.15) is 24.1 Å². The second-order valence-electron chi connectivity index (χ2n) is 15.6. The van der Waals surface area contributed by atoms with Gasteiger partial charge in [0.2, 0.25) is 0 Å².